The zero-order chi connectivity index (χ0) is 14.5. The fraction of sp³-hybridized carbons (Fsp3) is 0.385. The second-order valence-corrected chi connectivity index (χ2v) is 6.27. The van der Waals surface area contributed by atoms with Crippen molar-refractivity contribution in [2.75, 3.05) is 11.6 Å². The van der Waals surface area contributed by atoms with Gasteiger partial charge in [0, 0.05) is 11.9 Å². The monoisotopic (exact) mass is 280 g/mol. The Kier molecular flexibility index (Phi) is 5.07. The van der Waals surface area contributed by atoms with Crippen molar-refractivity contribution >= 4 is 21.4 Å². The molecule has 1 unspecified atom stereocenters. The molecule has 102 valence electrons. The molecular weight excluding hydrogens is 264 g/mol. The molecule has 0 aliphatic heterocycles. The minimum absolute atomic E-state index is 0.191. The minimum atomic E-state index is -3.24. The number of carbonyl (C=O) groups is 1. The van der Waals surface area contributed by atoms with Crippen LogP contribution < -0.4 is 5.32 Å². The van der Waals surface area contributed by atoms with E-state index < -0.39 is 15.8 Å². The summed E-state index contributed by atoms with van der Waals surface area (Å²) in [5, 5.41) is 11.5. The van der Waals surface area contributed by atoms with E-state index in [9.17, 15) is 13.2 Å². The van der Waals surface area contributed by atoms with Gasteiger partial charge >= 0.3 is 0 Å². The summed E-state index contributed by atoms with van der Waals surface area (Å²) in [6.45, 7) is 1.90. The lowest BCUT2D eigenvalue weighted by molar-refractivity contribution is -0.118. The molecule has 6 heteroatoms. The number of nitrogens with zero attached hydrogens (tertiary/aromatic N) is 1. The number of anilines is 1. The molecule has 0 aliphatic carbocycles. The summed E-state index contributed by atoms with van der Waals surface area (Å²) < 4.78 is 22.6. The van der Waals surface area contributed by atoms with E-state index in [0.717, 1.165) is 12.7 Å². The molecule has 0 heterocycles. The van der Waals surface area contributed by atoms with E-state index in [-0.39, 0.29) is 10.8 Å². The SMILES string of the molecule is CCCC(C#N)C(=O)Nc1ccc(S(C)(=O)=O)cc1. The lowest BCUT2D eigenvalue weighted by Gasteiger charge is -2.09. The van der Waals surface area contributed by atoms with E-state index in [2.05, 4.69) is 5.32 Å². The van der Waals surface area contributed by atoms with Gasteiger partial charge in [-0.15, -0.1) is 0 Å². The third kappa shape index (κ3) is 4.38. The van der Waals surface area contributed by atoms with Gasteiger partial charge in [0.1, 0.15) is 5.92 Å². The minimum Gasteiger partial charge on any atom is -0.325 e. The normalized spacial score (nSPS) is 12.5. The number of sulfone groups is 1. The highest BCUT2D eigenvalue weighted by molar-refractivity contribution is 7.90. The molecule has 1 atom stereocenters. The molecule has 0 saturated heterocycles. The van der Waals surface area contributed by atoms with Crippen LogP contribution in [0.2, 0.25) is 0 Å². The van der Waals surface area contributed by atoms with Crippen LogP contribution in [0.3, 0.4) is 0 Å². The smallest absolute Gasteiger partial charge is 0.241 e. The van der Waals surface area contributed by atoms with Crippen molar-refractivity contribution in [3.8, 4) is 6.07 Å². The first-order valence-corrected chi connectivity index (χ1v) is 7.78. The highest BCUT2D eigenvalue weighted by atomic mass is 32.2. The first-order valence-electron chi connectivity index (χ1n) is 5.89. The molecule has 0 fully saturated rings. The Morgan fingerprint density at radius 1 is 1.37 bits per heavy atom. The number of amides is 1. The number of nitriles is 1. The van der Waals surface area contributed by atoms with Gasteiger partial charge in [-0.25, -0.2) is 8.42 Å². The zero-order valence-electron chi connectivity index (χ0n) is 10.9. The molecule has 0 saturated carbocycles. The Bertz CT molecular complexity index is 585. The van der Waals surface area contributed by atoms with Crippen LogP contribution in [0.25, 0.3) is 0 Å². The van der Waals surface area contributed by atoms with Crippen molar-refractivity contribution in [1.29, 1.82) is 5.26 Å². The van der Waals surface area contributed by atoms with Gasteiger partial charge < -0.3 is 5.32 Å². The number of hydrogen-bond donors (Lipinski definition) is 1. The van der Waals surface area contributed by atoms with Crippen LogP contribution in [0.4, 0.5) is 5.69 Å². The molecule has 0 bridgehead atoms. The van der Waals surface area contributed by atoms with E-state index in [0.29, 0.717) is 12.1 Å². The number of hydrogen-bond acceptors (Lipinski definition) is 4. The average Bonchev–Trinajstić information content (AvgIpc) is 2.35. The van der Waals surface area contributed by atoms with Gasteiger partial charge in [-0.1, -0.05) is 13.3 Å². The predicted octanol–water partition coefficient (Wildman–Crippen LogP) is 1.97. The summed E-state index contributed by atoms with van der Waals surface area (Å²) >= 11 is 0. The van der Waals surface area contributed by atoms with E-state index >= 15 is 0 Å². The molecule has 5 nitrogen and oxygen atoms in total. The van der Waals surface area contributed by atoms with E-state index in [4.69, 9.17) is 5.26 Å². The van der Waals surface area contributed by atoms with Crippen molar-refractivity contribution in [3.63, 3.8) is 0 Å². The van der Waals surface area contributed by atoms with Gasteiger partial charge in [0.05, 0.1) is 11.0 Å². The van der Waals surface area contributed by atoms with Crippen LogP contribution in [0.1, 0.15) is 19.8 Å². The summed E-state index contributed by atoms with van der Waals surface area (Å²) in [4.78, 5) is 12.0. The van der Waals surface area contributed by atoms with Crippen LogP contribution in [-0.4, -0.2) is 20.6 Å². The van der Waals surface area contributed by atoms with Crippen molar-refractivity contribution < 1.29 is 13.2 Å². The van der Waals surface area contributed by atoms with Crippen molar-refractivity contribution in [1.82, 2.24) is 0 Å². The Balaban J connectivity index is 2.79. The maximum Gasteiger partial charge on any atom is 0.241 e. The number of carbonyl (C=O) groups excluding carboxylic acids is 1. The Labute approximate surface area is 113 Å². The second-order valence-electron chi connectivity index (χ2n) is 4.26. The maximum atomic E-state index is 11.8. The highest BCUT2D eigenvalue weighted by Crippen LogP contribution is 2.15. The predicted molar refractivity (Wildman–Crippen MR) is 72.2 cm³/mol. The molecule has 0 spiro atoms. The lowest BCUT2D eigenvalue weighted by atomic mass is 10.0. The topological polar surface area (TPSA) is 87.0 Å². The van der Waals surface area contributed by atoms with Gasteiger partial charge in [0.2, 0.25) is 5.91 Å². The van der Waals surface area contributed by atoms with E-state index in [1.807, 2.05) is 13.0 Å². The van der Waals surface area contributed by atoms with Gasteiger partial charge in [-0.3, -0.25) is 4.79 Å². The van der Waals surface area contributed by atoms with Crippen LogP contribution in [0.15, 0.2) is 29.2 Å². The third-order valence-electron chi connectivity index (χ3n) is 2.60. The number of benzene rings is 1. The summed E-state index contributed by atoms with van der Waals surface area (Å²) in [6.07, 6.45) is 2.37. The molecule has 1 N–H and O–H groups in total. The Morgan fingerprint density at radius 2 is 1.95 bits per heavy atom. The van der Waals surface area contributed by atoms with Crippen molar-refractivity contribution in [3.05, 3.63) is 24.3 Å². The van der Waals surface area contributed by atoms with Gasteiger partial charge in [-0.2, -0.15) is 5.26 Å². The van der Waals surface area contributed by atoms with Gasteiger partial charge in [0.15, 0.2) is 9.84 Å². The van der Waals surface area contributed by atoms with Crippen LogP contribution >= 0.6 is 0 Å². The molecular formula is C13H16N2O3S. The van der Waals surface area contributed by atoms with E-state index in [1.165, 1.54) is 24.3 Å². The molecule has 1 amide bonds. The molecule has 0 radical (unpaired) electrons. The fourth-order valence-corrected chi connectivity index (χ4v) is 2.19. The Hall–Kier alpha value is -1.87. The molecule has 0 aliphatic rings. The Morgan fingerprint density at radius 3 is 2.37 bits per heavy atom. The van der Waals surface area contributed by atoms with Crippen LogP contribution in [0, 0.1) is 17.2 Å². The summed E-state index contributed by atoms with van der Waals surface area (Å²) in [5.41, 5.74) is 0.480. The number of rotatable bonds is 5. The standard InChI is InChI=1S/C13H16N2O3S/c1-3-4-10(9-14)13(16)15-11-5-7-12(8-6-11)19(2,17)18/h5-8,10H,3-4H2,1-2H3,(H,15,16). The summed E-state index contributed by atoms with van der Waals surface area (Å²) in [7, 11) is -3.24. The average molecular weight is 280 g/mol. The molecule has 0 aromatic heterocycles. The number of nitrogens with one attached hydrogen (secondary N) is 1. The lowest BCUT2D eigenvalue weighted by Crippen LogP contribution is -2.21. The van der Waals surface area contributed by atoms with Gasteiger partial charge in [0.25, 0.3) is 0 Å². The summed E-state index contributed by atoms with van der Waals surface area (Å²) in [6, 6.07) is 7.81. The first kappa shape index (κ1) is 15.2. The molecule has 1 aromatic rings. The summed E-state index contributed by atoms with van der Waals surface area (Å²) in [5.74, 6) is -1.05. The van der Waals surface area contributed by atoms with Crippen LogP contribution in [0.5, 0.6) is 0 Å². The highest BCUT2D eigenvalue weighted by Gasteiger charge is 2.16. The molecule has 1 aromatic carbocycles. The van der Waals surface area contributed by atoms with E-state index in [1.54, 1.807) is 0 Å². The van der Waals surface area contributed by atoms with Crippen LogP contribution in [-0.2, 0) is 14.6 Å². The molecule has 1 rings (SSSR count). The second kappa shape index (κ2) is 6.34. The largest absolute Gasteiger partial charge is 0.325 e. The maximum absolute atomic E-state index is 11.8. The third-order valence-corrected chi connectivity index (χ3v) is 3.73. The van der Waals surface area contributed by atoms with Crippen molar-refractivity contribution in [2.45, 2.75) is 24.7 Å². The van der Waals surface area contributed by atoms with Gasteiger partial charge in [-0.05, 0) is 30.7 Å². The molecule has 19 heavy (non-hydrogen) atoms. The zero-order valence-corrected chi connectivity index (χ0v) is 11.7. The van der Waals surface area contributed by atoms with Crippen molar-refractivity contribution in [2.24, 2.45) is 5.92 Å². The quantitative estimate of drug-likeness (QED) is 0.893. The first-order chi connectivity index (χ1) is 8.88. The fourth-order valence-electron chi connectivity index (χ4n) is 1.56.